The van der Waals surface area contributed by atoms with E-state index in [9.17, 15) is 0 Å². The van der Waals surface area contributed by atoms with Gasteiger partial charge in [-0.15, -0.1) is 24.0 Å². The molecule has 1 heterocycles. The van der Waals surface area contributed by atoms with Crippen molar-refractivity contribution in [2.24, 2.45) is 4.99 Å². The molecule has 0 bridgehead atoms. The van der Waals surface area contributed by atoms with Gasteiger partial charge in [-0.25, -0.2) is 9.67 Å². The maximum Gasteiger partial charge on any atom is 0.191 e. The van der Waals surface area contributed by atoms with E-state index >= 15 is 0 Å². The number of nitrogens with one attached hydrogen (secondary N) is 2. The Balaban J connectivity index is 0.00000261. The number of benzene rings is 2. The first-order valence-corrected chi connectivity index (χ1v) is 8.93. The molecule has 0 unspecified atom stereocenters. The molecule has 0 aliphatic carbocycles. The van der Waals surface area contributed by atoms with Crippen molar-refractivity contribution >= 4 is 29.9 Å². The fourth-order valence-corrected chi connectivity index (χ4v) is 2.65. The van der Waals surface area contributed by atoms with Gasteiger partial charge in [-0.1, -0.05) is 42.5 Å². The first-order valence-electron chi connectivity index (χ1n) is 8.93. The number of para-hydroxylation sites is 1. The summed E-state index contributed by atoms with van der Waals surface area (Å²) in [7, 11) is 0. The SMILES string of the molecule is CCNC(=NCc1ccccc1C)NCc1ccn(-c2ccccc2)n1.I. The van der Waals surface area contributed by atoms with Crippen molar-refractivity contribution in [3.05, 3.63) is 83.7 Å². The van der Waals surface area contributed by atoms with Gasteiger partial charge >= 0.3 is 0 Å². The van der Waals surface area contributed by atoms with Gasteiger partial charge in [-0.2, -0.15) is 5.10 Å². The predicted molar refractivity (Wildman–Crippen MR) is 122 cm³/mol. The van der Waals surface area contributed by atoms with Crippen LogP contribution in [0.3, 0.4) is 0 Å². The van der Waals surface area contributed by atoms with Crippen LogP contribution in [-0.2, 0) is 13.1 Å². The largest absolute Gasteiger partial charge is 0.357 e. The minimum absolute atomic E-state index is 0. The monoisotopic (exact) mass is 475 g/mol. The van der Waals surface area contributed by atoms with Crippen LogP contribution < -0.4 is 10.6 Å². The van der Waals surface area contributed by atoms with E-state index in [2.05, 4.69) is 58.8 Å². The average molecular weight is 475 g/mol. The zero-order valence-electron chi connectivity index (χ0n) is 15.7. The van der Waals surface area contributed by atoms with Crippen molar-refractivity contribution in [3.63, 3.8) is 0 Å². The summed E-state index contributed by atoms with van der Waals surface area (Å²) >= 11 is 0. The van der Waals surface area contributed by atoms with E-state index in [-0.39, 0.29) is 24.0 Å². The van der Waals surface area contributed by atoms with Gasteiger partial charge in [0.15, 0.2) is 5.96 Å². The van der Waals surface area contributed by atoms with Gasteiger partial charge in [0.2, 0.25) is 0 Å². The van der Waals surface area contributed by atoms with Crippen molar-refractivity contribution in [3.8, 4) is 5.69 Å². The van der Waals surface area contributed by atoms with Crippen LogP contribution in [0.2, 0.25) is 0 Å². The Morgan fingerprint density at radius 3 is 2.48 bits per heavy atom. The molecule has 0 aliphatic heterocycles. The zero-order valence-corrected chi connectivity index (χ0v) is 18.1. The van der Waals surface area contributed by atoms with Gasteiger partial charge in [-0.05, 0) is 43.2 Å². The number of guanidine groups is 1. The molecule has 5 nitrogen and oxygen atoms in total. The number of aromatic nitrogens is 2. The van der Waals surface area contributed by atoms with E-state index in [0.29, 0.717) is 13.1 Å². The van der Waals surface area contributed by atoms with E-state index in [1.807, 2.05) is 47.3 Å². The van der Waals surface area contributed by atoms with E-state index in [4.69, 9.17) is 0 Å². The highest BCUT2D eigenvalue weighted by Gasteiger charge is 2.03. The van der Waals surface area contributed by atoms with Gasteiger partial charge < -0.3 is 10.6 Å². The third-order valence-electron chi connectivity index (χ3n) is 4.11. The van der Waals surface area contributed by atoms with Crippen molar-refractivity contribution in [2.75, 3.05) is 6.54 Å². The molecule has 1 aromatic heterocycles. The van der Waals surface area contributed by atoms with E-state index in [1.165, 1.54) is 11.1 Å². The van der Waals surface area contributed by atoms with Crippen molar-refractivity contribution in [2.45, 2.75) is 26.9 Å². The molecule has 0 spiro atoms. The standard InChI is InChI=1S/C21H25N5.HI/c1-3-22-21(23-15-18-10-8-7-9-17(18)2)24-16-19-13-14-26(25-19)20-11-5-4-6-12-20;/h4-14H,3,15-16H2,1-2H3,(H2,22,23,24);1H. The molecule has 0 saturated carbocycles. The minimum Gasteiger partial charge on any atom is -0.357 e. The van der Waals surface area contributed by atoms with Gasteiger partial charge in [0.05, 0.1) is 24.5 Å². The number of halogens is 1. The van der Waals surface area contributed by atoms with Crippen molar-refractivity contribution < 1.29 is 0 Å². The molecular formula is C21H26IN5. The Morgan fingerprint density at radius 2 is 1.74 bits per heavy atom. The Labute approximate surface area is 177 Å². The smallest absolute Gasteiger partial charge is 0.191 e. The number of aliphatic imine (C=N–C) groups is 1. The van der Waals surface area contributed by atoms with E-state index in [0.717, 1.165) is 23.9 Å². The van der Waals surface area contributed by atoms with Crippen LogP contribution >= 0.6 is 24.0 Å². The third-order valence-corrected chi connectivity index (χ3v) is 4.11. The van der Waals surface area contributed by atoms with Gasteiger partial charge in [0.1, 0.15) is 0 Å². The molecular weight excluding hydrogens is 449 g/mol. The summed E-state index contributed by atoms with van der Waals surface area (Å²) < 4.78 is 1.88. The lowest BCUT2D eigenvalue weighted by atomic mass is 10.1. The first-order chi connectivity index (χ1) is 12.8. The number of hydrogen-bond acceptors (Lipinski definition) is 2. The molecule has 3 aromatic rings. The second-order valence-electron chi connectivity index (χ2n) is 6.06. The summed E-state index contributed by atoms with van der Waals surface area (Å²) in [6.07, 6.45) is 1.98. The fourth-order valence-electron chi connectivity index (χ4n) is 2.65. The summed E-state index contributed by atoms with van der Waals surface area (Å²) in [4.78, 5) is 4.68. The fraction of sp³-hybridized carbons (Fsp3) is 0.238. The number of aryl methyl sites for hydroxylation is 1. The molecule has 142 valence electrons. The third kappa shape index (κ3) is 6.09. The molecule has 3 rings (SSSR count). The van der Waals surface area contributed by atoms with Crippen LogP contribution in [0.5, 0.6) is 0 Å². The Bertz CT molecular complexity index is 858. The lowest BCUT2D eigenvalue weighted by Crippen LogP contribution is -2.36. The van der Waals surface area contributed by atoms with Crippen LogP contribution in [0, 0.1) is 6.92 Å². The van der Waals surface area contributed by atoms with Crippen LogP contribution in [0.25, 0.3) is 5.69 Å². The molecule has 2 N–H and O–H groups in total. The van der Waals surface area contributed by atoms with Gasteiger partial charge in [-0.3, -0.25) is 0 Å². The second kappa shape index (κ2) is 10.7. The summed E-state index contributed by atoms with van der Waals surface area (Å²) in [6.45, 7) is 6.27. The highest BCUT2D eigenvalue weighted by molar-refractivity contribution is 14.0. The highest BCUT2D eigenvalue weighted by atomic mass is 127. The Kier molecular flexibility index (Phi) is 8.32. The first kappa shape index (κ1) is 21.0. The quantitative estimate of drug-likeness (QED) is 0.321. The molecule has 6 heteroatoms. The average Bonchev–Trinajstić information content (AvgIpc) is 3.15. The molecule has 0 fully saturated rings. The number of nitrogens with zero attached hydrogens (tertiary/aromatic N) is 3. The van der Waals surface area contributed by atoms with Crippen LogP contribution in [0.15, 0.2) is 71.9 Å². The summed E-state index contributed by atoms with van der Waals surface area (Å²) in [6, 6.07) is 20.4. The number of rotatable bonds is 6. The Morgan fingerprint density at radius 1 is 1.00 bits per heavy atom. The lowest BCUT2D eigenvalue weighted by molar-refractivity contribution is 0.770. The lowest BCUT2D eigenvalue weighted by Gasteiger charge is -2.11. The Hall–Kier alpha value is -2.35. The van der Waals surface area contributed by atoms with Crippen molar-refractivity contribution in [1.29, 1.82) is 0 Å². The summed E-state index contributed by atoms with van der Waals surface area (Å²) in [5.74, 6) is 0.796. The highest BCUT2D eigenvalue weighted by Crippen LogP contribution is 2.08. The summed E-state index contributed by atoms with van der Waals surface area (Å²) in [5.41, 5.74) is 4.51. The predicted octanol–water partition coefficient (Wildman–Crippen LogP) is 4.05. The van der Waals surface area contributed by atoms with Gasteiger partial charge in [0, 0.05) is 12.7 Å². The zero-order chi connectivity index (χ0) is 18.2. The second-order valence-corrected chi connectivity index (χ2v) is 6.06. The topological polar surface area (TPSA) is 54.2 Å². The molecule has 0 saturated heterocycles. The molecule has 0 atom stereocenters. The number of hydrogen-bond donors (Lipinski definition) is 2. The maximum atomic E-state index is 4.68. The molecule has 2 aromatic carbocycles. The molecule has 0 radical (unpaired) electrons. The van der Waals surface area contributed by atoms with E-state index in [1.54, 1.807) is 0 Å². The maximum absolute atomic E-state index is 4.68. The minimum atomic E-state index is 0. The van der Waals surface area contributed by atoms with Crippen LogP contribution in [0.4, 0.5) is 0 Å². The van der Waals surface area contributed by atoms with Crippen LogP contribution in [-0.4, -0.2) is 22.3 Å². The van der Waals surface area contributed by atoms with Gasteiger partial charge in [0.25, 0.3) is 0 Å². The normalized spacial score (nSPS) is 11.0. The molecule has 0 amide bonds. The van der Waals surface area contributed by atoms with E-state index < -0.39 is 0 Å². The molecule has 0 aliphatic rings. The molecule has 27 heavy (non-hydrogen) atoms. The summed E-state index contributed by atoms with van der Waals surface area (Å²) in [5, 5.41) is 11.3. The van der Waals surface area contributed by atoms with Crippen LogP contribution in [0.1, 0.15) is 23.7 Å². The van der Waals surface area contributed by atoms with Crippen molar-refractivity contribution in [1.82, 2.24) is 20.4 Å².